The molecule has 1 heterocycles. The van der Waals surface area contributed by atoms with Crippen LogP contribution in [0.3, 0.4) is 0 Å². The number of sulfonamides is 1. The van der Waals surface area contributed by atoms with E-state index in [2.05, 4.69) is 9.82 Å². The topological polar surface area (TPSA) is 123 Å². The number of carbonyl (C=O) groups excluding carboxylic acids is 1. The van der Waals surface area contributed by atoms with E-state index >= 15 is 0 Å². The maximum Gasteiger partial charge on any atom is 0.416 e. The van der Waals surface area contributed by atoms with Crippen molar-refractivity contribution in [1.82, 2.24) is 19.1 Å². The van der Waals surface area contributed by atoms with Gasteiger partial charge in [0.15, 0.2) is 17.7 Å². The van der Waals surface area contributed by atoms with Crippen molar-refractivity contribution in [2.75, 3.05) is 12.3 Å². The molecule has 2 N–H and O–H groups in total. The Bertz CT molecular complexity index is 1530. The van der Waals surface area contributed by atoms with Gasteiger partial charge in [-0.25, -0.2) is 22.6 Å². The maximum atomic E-state index is 13.1. The molecule has 16 heteroatoms. The summed E-state index contributed by atoms with van der Waals surface area (Å²) in [5, 5.41) is 14.3. The Labute approximate surface area is 242 Å². The summed E-state index contributed by atoms with van der Waals surface area (Å²) < 4.78 is 67.0. The Morgan fingerprint density at radius 1 is 1.12 bits per heavy atom. The van der Waals surface area contributed by atoms with E-state index in [4.69, 9.17) is 34.8 Å². The molecule has 9 nitrogen and oxygen atoms in total. The van der Waals surface area contributed by atoms with Crippen LogP contribution >= 0.6 is 34.8 Å². The summed E-state index contributed by atoms with van der Waals surface area (Å²) in [6.45, 7) is -0.581. The van der Waals surface area contributed by atoms with Crippen molar-refractivity contribution < 1.29 is 31.5 Å². The molecule has 218 valence electrons. The first-order valence-electron chi connectivity index (χ1n) is 11.7. The number of aliphatic hydroxyl groups excluding tert-OH is 1. The lowest BCUT2D eigenvalue weighted by atomic mass is 9.93. The molecule has 0 aliphatic rings. The normalized spacial score (nSPS) is 13.8. The number of hydrogen-bond donors (Lipinski definition) is 2. The van der Waals surface area contributed by atoms with Crippen molar-refractivity contribution in [3.8, 4) is 11.4 Å². The van der Waals surface area contributed by atoms with Crippen LogP contribution in [0.1, 0.15) is 24.8 Å². The molecule has 0 bridgehead atoms. The number of Topliss-reactive ketones (excluding diaryl/α,β-unsaturated/α-hetero) is 1. The highest BCUT2D eigenvalue weighted by Gasteiger charge is 2.39. The van der Waals surface area contributed by atoms with E-state index in [-0.39, 0.29) is 40.2 Å². The minimum Gasteiger partial charge on any atom is -0.382 e. The van der Waals surface area contributed by atoms with Gasteiger partial charge in [-0.1, -0.05) is 46.9 Å². The molecular formula is C24H24Cl3F3N4O5S. The first kappa shape index (κ1) is 32.1. The highest BCUT2D eigenvalue weighted by molar-refractivity contribution is 7.89. The number of ketones is 1. The average molecular weight is 644 g/mol. The van der Waals surface area contributed by atoms with Crippen LogP contribution in [0.15, 0.2) is 47.3 Å². The van der Waals surface area contributed by atoms with Crippen LogP contribution in [0.25, 0.3) is 11.4 Å². The van der Waals surface area contributed by atoms with Crippen molar-refractivity contribution in [2.45, 2.75) is 44.6 Å². The summed E-state index contributed by atoms with van der Waals surface area (Å²) in [4.78, 5) is 26.2. The standard InChI is InChI=1S/C24H24Cl3F3N4O5S/c1-2-40(38,39)31-11-15(18-4-3-5-19(26)21(18)27)10-17(35)12-34-23(37)33(13-20(36)24(28,29)30)22(32-34)14-6-8-16(25)9-7-14/h3-9,15,20,31,36H,2,10-13H2,1H3/t15?,20-/m0/s1. The van der Waals surface area contributed by atoms with Crippen molar-refractivity contribution in [3.05, 3.63) is 73.6 Å². The van der Waals surface area contributed by atoms with E-state index in [0.29, 0.717) is 19.8 Å². The zero-order valence-electron chi connectivity index (χ0n) is 20.8. The second-order valence-electron chi connectivity index (χ2n) is 8.77. The minimum atomic E-state index is -5.01. The summed E-state index contributed by atoms with van der Waals surface area (Å²) in [5.74, 6) is -1.81. The zero-order valence-corrected chi connectivity index (χ0v) is 23.9. The Balaban J connectivity index is 1.95. The van der Waals surface area contributed by atoms with Crippen molar-refractivity contribution >= 4 is 50.6 Å². The van der Waals surface area contributed by atoms with E-state index in [1.807, 2.05) is 0 Å². The van der Waals surface area contributed by atoms with Gasteiger partial charge in [0.2, 0.25) is 10.0 Å². The number of halogens is 6. The van der Waals surface area contributed by atoms with Crippen LogP contribution in [-0.4, -0.2) is 58.2 Å². The van der Waals surface area contributed by atoms with Crippen molar-refractivity contribution in [2.24, 2.45) is 0 Å². The number of alkyl halides is 3. The predicted molar refractivity (Wildman–Crippen MR) is 145 cm³/mol. The van der Waals surface area contributed by atoms with E-state index < -0.39 is 52.8 Å². The highest BCUT2D eigenvalue weighted by atomic mass is 35.5. The second kappa shape index (κ2) is 13.0. The fourth-order valence-electron chi connectivity index (χ4n) is 3.76. The maximum absolute atomic E-state index is 13.1. The molecule has 0 spiro atoms. The first-order chi connectivity index (χ1) is 18.6. The Morgan fingerprint density at radius 2 is 1.77 bits per heavy atom. The second-order valence-corrected chi connectivity index (χ2v) is 12.1. The fraction of sp³-hybridized carbons (Fsp3) is 0.375. The molecule has 0 amide bonds. The van der Waals surface area contributed by atoms with Crippen LogP contribution in [-0.2, 0) is 27.9 Å². The number of rotatable bonds is 12. The number of hydrogen-bond acceptors (Lipinski definition) is 6. The van der Waals surface area contributed by atoms with Crippen molar-refractivity contribution in [3.63, 3.8) is 0 Å². The largest absolute Gasteiger partial charge is 0.416 e. The van der Waals surface area contributed by atoms with Gasteiger partial charge < -0.3 is 5.11 Å². The number of carbonyl (C=O) groups is 1. The van der Waals surface area contributed by atoms with Crippen LogP contribution in [0.4, 0.5) is 13.2 Å². The molecule has 1 aromatic heterocycles. The number of aromatic nitrogens is 3. The monoisotopic (exact) mass is 642 g/mol. The number of nitrogens with one attached hydrogen (secondary N) is 1. The molecule has 40 heavy (non-hydrogen) atoms. The molecule has 0 radical (unpaired) electrons. The SMILES string of the molecule is CCS(=O)(=O)NCC(CC(=O)Cn1nc(-c2ccc(Cl)cc2)n(C[C@H](O)C(F)(F)F)c1=O)c1cccc(Cl)c1Cl. The van der Waals surface area contributed by atoms with E-state index in [0.717, 1.165) is 0 Å². The first-order valence-corrected chi connectivity index (χ1v) is 14.5. The molecule has 1 unspecified atom stereocenters. The molecule has 3 rings (SSSR count). The molecular weight excluding hydrogens is 620 g/mol. The van der Waals surface area contributed by atoms with Gasteiger partial charge in [0.25, 0.3) is 0 Å². The average Bonchev–Trinajstić information content (AvgIpc) is 3.18. The van der Waals surface area contributed by atoms with Crippen molar-refractivity contribution in [1.29, 1.82) is 0 Å². The predicted octanol–water partition coefficient (Wildman–Crippen LogP) is 4.28. The Morgan fingerprint density at radius 3 is 2.38 bits per heavy atom. The van der Waals surface area contributed by atoms with Crippen LogP contribution in [0.5, 0.6) is 0 Å². The lowest BCUT2D eigenvalue weighted by Crippen LogP contribution is -2.37. The van der Waals surface area contributed by atoms with Gasteiger partial charge in [-0.05, 0) is 42.8 Å². The summed E-state index contributed by atoms with van der Waals surface area (Å²) in [5.41, 5.74) is -0.459. The molecule has 2 aromatic carbocycles. The molecule has 0 aliphatic heterocycles. The Hall–Kier alpha value is -2.42. The number of benzene rings is 2. The van der Waals surface area contributed by atoms with E-state index in [1.165, 1.54) is 37.3 Å². The van der Waals surface area contributed by atoms with Gasteiger partial charge in [-0.2, -0.15) is 13.2 Å². The molecule has 0 fully saturated rings. The van der Waals surface area contributed by atoms with E-state index in [9.17, 15) is 36.3 Å². The van der Waals surface area contributed by atoms with Crippen LogP contribution < -0.4 is 10.4 Å². The molecule has 0 saturated heterocycles. The summed E-state index contributed by atoms with van der Waals surface area (Å²) in [6.07, 6.45) is -8.19. The lowest BCUT2D eigenvalue weighted by Gasteiger charge is -2.19. The molecule has 0 aliphatic carbocycles. The molecule has 0 saturated carbocycles. The van der Waals surface area contributed by atoms with Gasteiger partial charge in [0.05, 0.1) is 22.3 Å². The summed E-state index contributed by atoms with van der Waals surface area (Å²) in [7, 11) is -3.64. The minimum absolute atomic E-state index is 0.116. The highest BCUT2D eigenvalue weighted by Crippen LogP contribution is 2.33. The van der Waals surface area contributed by atoms with Gasteiger partial charge in [-0.15, -0.1) is 5.10 Å². The molecule has 3 aromatic rings. The van der Waals surface area contributed by atoms with Crippen LogP contribution in [0, 0.1) is 0 Å². The quantitative estimate of drug-likeness (QED) is 0.304. The van der Waals surface area contributed by atoms with Gasteiger partial charge in [0, 0.05) is 29.5 Å². The summed E-state index contributed by atoms with van der Waals surface area (Å²) >= 11 is 18.3. The number of aliphatic hydroxyl groups is 1. The zero-order chi connectivity index (χ0) is 29.8. The smallest absolute Gasteiger partial charge is 0.382 e. The Kier molecular flexibility index (Phi) is 10.5. The third-order valence-corrected chi connectivity index (χ3v) is 8.36. The molecule has 2 atom stereocenters. The third kappa shape index (κ3) is 8.08. The van der Waals surface area contributed by atoms with Gasteiger partial charge >= 0.3 is 11.9 Å². The number of nitrogens with zero attached hydrogens (tertiary/aromatic N) is 3. The van der Waals surface area contributed by atoms with Gasteiger partial charge in [-0.3, -0.25) is 9.36 Å². The third-order valence-electron chi connectivity index (χ3n) is 5.91. The van der Waals surface area contributed by atoms with E-state index in [1.54, 1.807) is 12.1 Å². The van der Waals surface area contributed by atoms with Crippen LogP contribution in [0.2, 0.25) is 15.1 Å². The lowest BCUT2D eigenvalue weighted by molar-refractivity contribution is -0.207. The summed E-state index contributed by atoms with van der Waals surface area (Å²) in [6, 6.07) is 10.4. The fourth-order valence-corrected chi connectivity index (χ4v) is 5.01. The van der Waals surface area contributed by atoms with Gasteiger partial charge in [0.1, 0.15) is 6.54 Å².